The van der Waals surface area contributed by atoms with E-state index in [1.54, 1.807) is 6.07 Å². The minimum atomic E-state index is -0.0817. The molecule has 0 N–H and O–H groups in total. The van der Waals surface area contributed by atoms with Crippen molar-refractivity contribution in [2.75, 3.05) is 6.61 Å². The van der Waals surface area contributed by atoms with Crippen LogP contribution < -0.4 is 4.74 Å². The van der Waals surface area contributed by atoms with Crippen molar-refractivity contribution in [2.24, 2.45) is 5.92 Å². The highest BCUT2D eigenvalue weighted by Gasteiger charge is 2.04. The zero-order valence-corrected chi connectivity index (χ0v) is 8.65. The summed E-state index contributed by atoms with van der Waals surface area (Å²) in [6, 6.07) is 1.56. The summed E-state index contributed by atoms with van der Waals surface area (Å²) in [6.07, 6.45) is 1.34. The number of carbonyl (C=O) groups is 1. The Labute approximate surface area is 83.3 Å². The number of hydrogen-bond donors (Lipinski definition) is 0. The number of Topliss-reactive ketones (excluding diaryl/α,β-unsaturated/α-hetero) is 1. The number of ether oxygens (including phenoxy) is 1. The van der Waals surface area contributed by atoms with Crippen molar-refractivity contribution in [1.29, 1.82) is 0 Å². The van der Waals surface area contributed by atoms with Crippen LogP contribution >= 0.6 is 0 Å². The lowest BCUT2D eigenvalue weighted by molar-refractivity contribution is 0.101. The minimum absolute atomic E-state index is 0.0817. The largest absolute Gasteiger partial charge is 0.477 e. The predicted molar refractivity (Wildman–Crippen MR) is 52.4 cm³/mol. The second kappa shape index (κ2) is 4.69. The molecule has 1 aromatic rings. The van der Waals surface area contributed by atoms with E-state index >= 15 is 0 Å². The van der Waals surface area contributed by atoms with Crippen molar-refractivity contribution in [2.45, 2.75) is 20.8 Å². The van der Waals surface area contributed by atoms with Crippen molar-refractivity contribution >= 4 is 5.78 Å². The third-order valence-electron chi connectivity index (χ3n) is 1.57. The van der Waals surface area contributed by atoms with Gasteiger partial charge in [0.25, 0.3) is 0 Å². The van der Waals surface area contributed by atoms with Gasteiger partial charge < -0.3 is 4.74 Å². The molecular weight excluding hydrogens is 180 g/mol. The van der Waals surface area contributed by atoms with E-state index in [9.17, 15) is 4.79 Å². The molecule has 0 fully saturated rings. The first-order valence-corrected chi connectivity index (χ1v) is 4.55. The van der Waals surface area contributed by atoms with Gasteiger partial charge in [-0.15, -0.1) is 0 Å². The smallest absolute Gasteiger partial charge is 0.217 e. The van der Waals surface area contributed by atoms with Gasteiger partial charge in [-0.3, -0.25) is 4.79 Å². The SMILES string of the molecule is CC(=O)c1cc(OCC(C)C)ncn1. The fourth-order valence-electron chi connectivity index (χ4n) is 0.863. The molecule has 0 radical (unpaired) electrons. The van der Waals surface area contributed by atoms with Crippen LogP contribution in [0.5, 0.6) is 5.88 Å². The Hall–Kier alpha value is -1.45. The highest BCUT2D eigenvalue weighted by molar-refractivity contribution is 5.92. The predicted octanol–water partition coefficient (Wildman–Crippen LogP) is 1.71. The summed E-state index contributed by atoms with van der Waals surface area (Å²) in [5, 5.41) is 0. The highest BCUT2D eigenvalue weighted by Crippen LogP contribution is 2.08. The molecule has 4 nitrogen and oxygen atoms in total. The molecule has 0 saturated carbocycles. The molecule has 1 aromatic heterocycles. The maximum absolute atomic E-state index is 11.0. The van der Waals surface area contributed by atoms with E-state index < -0.39 is 0 Å². The maximum Gasteiger partial charge on any atom is 0.217 e. The Kier molecular flexibility index (Phi) is 3.56. The van der Waals surface area contributed by atoms with Crippen molar-refractivity contribution in [1.82, 2.24) is 9.97 Å². The van der Waals surface area contributed by atoms with Crippen LogP contribution in [0.1, 0.15) is 31.3 Å². The number of rotatable bonds is 4. The van der Waals surface area contributed by atoms with Gasteiger partial charge in [-0.05, 0) is 5.92 Å². The molecule has 1 rings (SSSR count). The Balaban J connectivity index is 2.69. The molecule has 0 saturated heterocycles. The van der Waals surface area contributed by atoms with Gasteiger partial charge in [0.15, 0.2) is 5.78 Å². The summed E-state index contributed by atoms with van der Waals surface area (Å²) >= 11 is 0. The van der Waals surface area contributed by atoms with Crippen molar-refractivity contribution in [3.63, 3.8) is 0 Å². The van der Waals surface area contributed by atoms with E-state index in [-0.39, 0.29) is 5.78 Å². The Morgan fingerprint density at radius 2 is 2.21 bits per heavy atom. The molecule has 0 amide bonds. The average Bonchev–Trinajstić information content (AvgIpc) is 2.15. The van der Waals surface area contributed by atoms with Crippen LogP contribution in [0, 0.1) is 5.92 Å². The molecule has 0 aliphatic rings. The van der Waals surface area contributed by atoms with Crippen molar-refractivity contribution in [3.05, 3.63) is 18.1 Å². The third kappa shape index (κ3) is 3.12. The topological polar surface area (TPSA) is 52.1 Å². The normalized spacial score (nSPS) is 10.3. The molecule has 4 heteroatoms. The number of nitrogens with zero attached hydrogens (tertiary/aromatic N) is 2. The van der Waals surface area contributed by atoms with Crippen molar-refractivity contribution in [3.8, 4) is 5.88 Å². The second-order valence-electron chi connectivity index (χ2n) is 3.50. The van der Waals surface area contributed by atoms with Crippen LogP contribution in [0.15, 0.2) is 12.4 Å². The number of hydrogen-bond acceptors (Lipinski definition) is 4. The minimum Gasteiger partial charge on any atom is -0.477 e. The van der Waals surface area contributed by atoms with Gasteiger partial charge in [-0.25, -0.2) is 9.97 Å². The van der Waals surface area contributed by atoms with Gasteiger partial charge in [-0.2, -0.15) is 0 Å². The van der Waals surface area contributed by atoms with Crippen LogP contribution in [0.2, 0.25) is 0 Å². The number of carbonyl (C=O) groups excluding carboxylic acids is 1. The van der Waals surface area contributed by atoms with Gasteiger partial charge >= 0.3 is 0 Å². The number of ketones is 1. The molecule has 0 aromatic carbocycles. The molecule has 76 valence electrons. The summed E-state index contributed by atoms with van der Waals surface area (Å²) in [5.74, 6) is 0.812. The average molecular weight is 194 g/mol. The fourth-order valence-corrected chi connectivity index (χ4v) is 0.863. The molecule has 0 aliphatic heterocycles. The monoisotopic (exact) mass is 194 g/mol. The quantitative estimate of drug-likeness (QED) is 0.685. The zero-order valence-electron chi connectivity index (χ0n) is 8.65. The highest BCUT2D eigenvalue weighted by atomic mass is 16.5. The third-order valence-corrected chi connectivity index (χ3v) is 1.57. The molecular formula is C10H14N2O2. The van der Waals surface area contributed by atoms with E-state index in [1.165, 1.54) is 13.3 Å². The first kappa shape index (κ1) is 10.6. The van der Waals surface area contributed by atoms with Gasteiger partial charge in [-0.1, -0.05) is 13.8 Å². The fraction of sp³-hybridized carbons (Fsp3) is 0.500. The standard InChI is InChI=1S/C10H14N2O2/c1-7(2)5-14-10-4-9(8(3)13)11-6-12-10/h4,6-7H,5H2,1-3H3. The molecule has 0 bridgehead atoms. The lowest BCUT2D eigenvalue weighted by Crippen LogP contribution is -2.07. The summed E-state index contributed by atoms with van der Waals surface area (Å²) in [5.41, 5.74) is 0.388. The first-order chi connectivity index (χ1) is 6.59. The summed E-state index contributed by atoms with van der Waals surface area (Å²) in [6.45, 7) is 6.16. The van der Waals surface area contributed by atoms with Crippen LogP contribution in [-0.2, 0) is 0 Å². The Morgan fingerprint density at radius 3 is 2.79 bits per heavy atom. The summed E-state index contributed by atoms with van der Waals surface area (Å²) in [7, 11) is 0. The first-order valence-electron chi connectivity index (χ1n) is 4.55. The van der Waals surface area contributed by atoms with Crippen LogP contribution in [0.3, 0.4) is 0 Å². The lowest BCUT2D eigenvalue weighted by Gasteiger charge is -2.07. The second-order valence-corrected chi connectivity index (χ2v) is 3.50. The molecule has 0 atom stereocenters. The van der Waals surface area contributed by atoms with Crippen molar-refractivity contribution < 1.29 is 9.53 Å². The van der Waals surface area contributed by atoms with Gasteiger partial charge in [0, 0.05) is 13.0 Å². The molecule has 0 aliphatic carbocycles. The zero-order chi connectivity index (χ0) is 10.6. The Bertz CT molecular complexity index is 324. The van der Waals surface area contributed by atoms with E-state index in [1.807, 2.05) is 13.8 Å². The van der Waals surface area contributed by atoms with E-state index in [2.05, 4.69) is 9.97 Å². The van der Waals surface area contributed by atoms with Crippen LogP contribution in [0.25, 0.3) is 0 Å². The van der Waals surface area contributed by atoms with Gasteiger partial charge in [0.2, 0.25) is 5.88 Å². The van der Waals surface area contributed by atoms with E-state index in [0.717, 1.165) is 0 Å². The van der Waals surface area contributed by atoms with Crippen LogP contribution in [-0.4, -0.2) is 22.4 Å². The molecule has 1 heterocycles. The molecule has 14 heavy (non-hydrogen) atoms. The summed E-state index contributed by atoms with van der Waals surface area (Å²) in [4.78, 5) is 18.7. The van der Waals surface area contributed by atoms with Gasteiger partial charge in [0.1, 0.15) is 12.0 Å². The summed E-state index contributed by atoms with van der Waals surface area (Å²) < 4.78 is 5.35. The van der Waals surface area contributed by atoms with Gasteiger partial charge in [0.05, 0.1) is 6.61 Å². The van der Waals surface area contributed by atoms with Crippen LogP contribution in [0.4, 0.5) is 0 Å². The van der Waals surface area contributed by atoms with E-state index in [4.69, 9.17) is 4.74 Å². The van der Waals surface area contributed by atoms with E-state index in [0.29, 0.717) is 24.1 Å². The lowest BCUT2D eigenvalue weighted by atomic mass is 10.2. The number of aromatic nitrogens is 2. The maximum atomic E-state index is 11.0. The molecule has 0 spiro atoms. The Morgan fingerprint density at radius 1 is 1.50 bits per heavy atom. The molecule has 0 unspecified atom stereocenters.